The van der Waals surface area contributed by atoms with Crippen molar-refractivity contribution in [3.8, 4) is 0 Å². The molecule has 0 radical (unpaired) electrons. The van der Waals surface area contributed by atoms with Crippen LogP contribution in [0.25, 0.3) is 0 Å². The van der Waals surface area contributed by atoms with Gasteiger partial charge in [0.25, 0.3) is 0 Å². The molecule has 0 bridgehead atoms. The Morgan fingerprint density at radius 2 is 2.11 bits per heavy atom. The van der Waals surface area contributed by atoms with E-state index in [1.807, 2.05) is 20.1 Å². The highest BCUT2D eigenvalue weighted by molar-refractivity contribution is 8.09. The maximum atomic E-state index is 10.8. The van der Waals surface area contributed by atoms with Crippen molar-refractivity contribution in [3.63, 3.8) is 0 Å². The van der Waals surface area contributed by atoms with Gasteiger partial charge in [-0.3, -0.25) is 0 Å². The first kappa shape index (κ1) is 8.82. The fourth-order valence-electron chi connectivity index (χ4n) is 0.336. The van der Waals surface area contributed by atoms with E-state index >= 15 is 0 Å². The predicted octanol–water partition coefficient (Wildman–Crippen LogP) is 1.41. The summed E-state index contributed by atoms with van der Waals surface area (Å²) in [5.74, 6) is 0.888. The smallest absolute Gasteiger partial charge is 0.426 e. The SMILES string of the molecule is CCOC(=O)[S+](C)CC. The van der Waals surface area contributed by atoms with Crippen LogP contribution in [0.1, 0.15) is 13.8 Å². The third-order valence-corrected chi connectivity index (χ3v) is 2.53. The van der Waals surface area contributed by atoms with Gasteiger partial charge in [0, 0.05) is 0 Å². The van der Waals surface area contributed by atoms with Crippen molar-refractivity contribution in [2.24, 2.45) is 0 Å². The number of hydrogen-bond donors (Lipinski definition) is 0. The fraction of sp³-hybridized carbons (Fsp3) is 0.833. The molecule has 1 atom stereocenters. The average molecular weight is 149 g/mol. The van der Waals surface area contributed by atoms with E-state index in [2.05, 4.69) is 0 Å². The molecule has 0 aliphatic carbocycles. The zero-order chi connectivity index (χ0) is 7.28. The van der Waals surface area contributed by atoms with Gasteiger partial charge in [0.15, 0.2) is 0 Å². The Bertz CT molecular complexity index is 93.1. The van der Waals surface area contributed by atoms with Crippen LogP contribution in [0, 0.1) is 0 Å². The van der Waals surface area contributed by atoms with Crippen molar-refractivity contribution in [1.29, 1.82) is 0 Å². The third-order valence-electron chi connectivity index (χ3n) is 0.980. The number of rotatable bonds is 2. The summed E-state index contributed by atoms with van der Waals surface area (Å²) in [6.07, 6.45) is 1.90. The van der Waals surface area contributed by atoms with Gasteiger partial charge >= 0.3 is 5.30 Å². The summed E-state index contributed by atoms with van der Waals surface area (Å²) in [4.78, 5) is 10.8. The van der Waals surface area contributed by atoms with Gasteiger partial charge in [0.2, 0.25) is 0 Å². The Labute approximate surface area is 58.9 Å². The second-order valence-corrected chi connectivity index (χ2v) is 3.79. The molecule has 0 fully saturated rings. The van der Waals surface area contributed by atoms with E-state index in [9.17, 15) is 4.79 Å². The molecule has 0 rings (SSSR count). The molecule has 2 nitrogen and oxygen atoms in total. The summed E-state index contributed by atoms with van der Waals surface area (Å²) in [7, 11) is -0.183. The molecule has 0 aromatic carbocycles. The highest BCUT2D eigenvalue weighted by Crippen LogP contribution is 1.95. The lowest BCUT2D eigenvalue weighted by molar-refractivity contribution is 0.181. The molecule has 0 aliphatic heterocycles. The number of hydrogen-bond acceptors (Lipinski definition) is 2. The van der Waals surface area contributed by atoms with Crippen molar-refractivity contribution in [1.82, 2.24) is 0 Å². The first-order valence-corrected chi connectivity index (χ1v) is 4.81. The lowest BCUT2D eigenvalue weighted by Gasteiger charge is -1.96. The van der Waals surface area contributed by atoms with Gasteiger partial charge in [-0.15, -0.1) is 0 Å². The van der Waals surface area contributed by atoms with Crippen LogP contribution >= 0.6 is 0 Å². The topological polar surface area (TPSA) is 26.3 Å². The standard InChI is InChI=1S/C6H13O2S/c1-4-8-6(7)9(3)5-2/h4-5H2,1-3H3/q+1. The minimum absolute atomic E-state index is 0.0556. The summed E-state index contributed by atoms with van der Waals surface area (Å²) in [5.41, 5.74) is 0. The quantitative estimate of drug-likeness (QED) is 0.438. The van der Waals surface area contributed by atoms with Crippen LogP contribution in [0.5, 0.6) is 0 Å². The molecule has 0 N–H and O–H groups in total. The lowest BCUT2D eigenvalue weighted by Crippen LogP contribution is -2.16. The average Bonchev–Trinajstić information content (AvgIpc) is 1.87. The van der Waals surface area contributed by atoms with Crippen molar-refractivity contribution in [2.45, 2.75) is 13.8 Å². The van der Waals surface area contributed by atoms with Crippen LogP contribution < -0.4 is 0 Å². The monoisotopic (exact) mass is 149 g/mol. The molecular weight excluding hydrogens is 136 g/mol. The summed E-state index contributed by atoms with van der Waals surface area (Å²) in [6, 6.07) is 0. The van der Waals surface area contributed by atoms with Crippen molar-refractivity contribution >= 4 is 16.2 Å². The largest absolute Gasteiger partial charge is 0.525 e. The second kappa shape index (κ2) is 4.68. The summed E-state index contributed by atoms with van der Waals surface area (Å²) < 4.78 is 4.77. The molecule has 54 valence electrons. The van der Waals surface area contributed by atoms with Crippen molar-refractivity contribution in [3.05, 3.63) is 0 Å². The molecule has 3 heteroatoms. The zero-order valence-electron chi connectivity index (χ0n) is 6.14. The Balaban J connectivity index is 3.46. The van der Waals surface area contributed by atoms with Crippen LogP contribution in [0.4, 0.5) is 4.79 Å². The molecule has 0 aromatic rings. The van der Waals surface area contributed by atoms with Gasteiger partial charge in [-0.05, 0) is 13.8 Å². The number of ether oxygens (including phenoxy) is 1. The van der Waals surface area contributed by atoms with E-state index in [1.165, 1.54) is 0 Å². The predicted molar refractivity (Wildman–Crippen MR) is 40.9 cm³/mol. The van der Waals surface area contributed by atoms with Crippen LogP contribution in [-0.4, -0.2) is 23.9 Å². The van der Waals surface area contributed by atoms with E-state index in [1.54, 1.807) is 0 Å². The molecule has 0 aromatic heterocycles. The van der Waals surface area contributed by atoms with Crippen molar-refractivity contribution < 1.29 is 9.53 Å². The van der Waals surface area contributed by atoms with E-state index in [0.717, 1.165) is 5.75 Å². The van der Waals surface area contributed by atoms with E-state index < -0.39 is 0 Å². The zero-order valence-corrected chi connectivity index (χ0v) is 6.96. The molecular formula is C6H13O2S+. The van der Waals surface area contributed by atoms with Crippen LogP contribution in [0.15, 0.2) is 0 Å². The Morgan fingerprint density at radius 3 is 2.44 bits per heavy atom. The van der Waals surface area contributed by atoms with E-state index in [-0.39, 0.29) is 16.2 Å². The second-order valence-electron chi connectivity index (χ2n) is 1.61. The highest BCUT2D eigenvalue weighted by atomic mass is 32.2. The summed E-state index contributed by atoms with van der Waals surface area (Å²) >= 11 is 0. The van der Waals surface area contributed by atoms with Gasteiger partial charge in [-0.25, -0.2) is 0 Å². The van der Waals surface area contributed by atoms with Gasteiger partial charge in [0.05, 0.1) is 6.61 Å². The first-order valence-electron chi connectivity index (χ1n) is 3.01. The minimum Gasteiger partial charge on any atom is -0.426 e. The first-order chi connectivity index (χ1) is 4.22. The molecule has 1 unspecified atom stereocenters. The minimum atomic E-state index is -0.183. The number of carbonyl (C=O) groups is 1. The normalized spacial score (nSPS) is 12.8. The molecule has 0 heterocycles. The maximum Gasteiger partial charge on any atom is 0.525 e. The Kier molecular flexibility index (Phi) is 4.58. The molecule has 0 saturated carbocycles. The third kappa shape index (κ3) is 3.40. The summed E-state index contributed by atoms with van der Waals surface area (Å²) in [5, 5.41) is -0.0556. The lowest BCUT2D eigenvalue weighted by atomic mass is 10.9. The van der Waals surface area contributed by atoms with Gasteiger partial charge < -0.3 is 4.74 Å². The number of carbonyl (C=O) groups excluding carboxylic acids is 1. The molecule has 0 aliphatic rings. The van der Waals surface area contributed by atoms with E-state index in [4.69, 9.17) is 4.74 Å². The Hall–Kier alpha value is -0.180. The Morgan fingerprint density at radius 1 is 1.56 bits per heavy atom. The summed E-state index contributed by atoms with van der Waals surface area (Å²) in [6.45, 7) is 4.31. The van der Waals surface area contributed by atoms with Gasteiger partial charge in [-0.2, -0.15) is 4.79 Å². The highest BCUT2D eigenvalue weighted by Gasteiger charge is 2.21. The van der Waals surface area contributed by atoms with Crippen LogP contribution in [0.2, 0.25) is 0 Å². The van der Waals surface area contributed by atoms with Crippen LogP contribution in [0.3, 0.4) is 0 Å². The molecule has 0 amide bonds. The van der Waals surface area contributed by atoms with Crippen molar-refractivity contribution in [2.75, 3.05) is 18.6 Å². The fourth-order valence-corrected chi connectivity index (χ4v) is 0.891. The van der Waals surface area contributed by atoms with Gasteiger partial charge in [-0.1, -0.05) is 0 Å². The molecule has 0 spiro atoms. The van der Waals surface area contributed by atoms with Gasteiger partial charge in [0.1, 0.15) is 22.9 Å². The van der Waals surface area contributed by atoms with Crippen LogP contribution in [-0.2, 0) is 15.6 Å². The molecule has 9 heavy (non-hydrogen) atoms. The maximum absolute atomic E-state index is 10.8. The molecule has 0 saturated heterocycles. The van der Waals surface area contributed by atoms with E-state index in [0.29, 0.717) is 6.61 Å².